The van der Waals surface area contributed by atoms with Crippen LogP contribution in [0, 0.1) is 0 Å². The molecule has 0 aliphatic carbocycles. The van der Waals surface area contributed by atoms with Crippen molar-refractivity contribution in [2.45, 2.75) is 51.3 Å². The van der Waals surface area contributed by atoms with E-state index in [1.807, 2.05) is 24.3 Å². The van der Waals surface area contributed by atoms with Crippen LogP contribution >= 0.6 is 0 Å². The first-order valence-electron chi connectivity index (χ1n) is 7.80. The molecule has 1 aromatic rings. The highest BCUT2D eigenvalue weighted by Gasteiger charge is 2.20. The summed E-state index contributed by atoms with van der Waals surface area (Å²) >= 11 is 0. The van der Waals surface area contributed by atoms with Gasteiger partial charge in [-0.1, -0.05) is 30.3 Å². The SMILES string of the molecule is C=CC[C@H](NC(=O)OC(C)(C)C)c1cccc(C[C@@H](N)C(=O)O)c1. The molecule has 1 rings (SSSR count). The fourth-order valence-corrected chi connectivity index (χ4v) is 2.17. The van der Waals surface area contributed by atoms with Crippen LogP contribution in [-0.2, 0) is 16.0 Å². The normalized spacial score (nSPS) is 13.7. The van der Waals surface area contributed by atoms with E-state index in [1.54, 1.807) is 26.8 Å². The van der Waals surface area contributed by atoms with E-state index < -0.39 is 23.7 Å². The van der Waals surface area contributed by atoms with E-state index in [2.05, 4.69) is 11.9 Å². The zero-order chi connectivity index (χ0) is 18.3. The van der Waals surface area contributed by atoms with Crippen molar-refractivity contribution in [2.75, 3.05) is 0 Å². The number of amides is 1. The Morgan fingerprint density at radius 2 is 2.08 bits per heavy atom. The lowest BCUT2D eigenvalue weighted by Gasteiger charge is -2.23. The summed E-state index contributed by atoms with van der Waals surface area (Å²) in [5, 5.41) is 11.7. The molecule has 132 valence electrons. The number of carbonyl (C=O) groups excluding carboxylic acids is 1. The lowest BCUT2D eigenvalue weighted by atomic mass is 9.98. The third-order valence-corrected chi connectivity index (χ3v) is 3.22. The van der Waals surface area contributed by atoms with Gasteiger partial charge in [-0.25, -0.2) is 4.79 Å². The van der Waals surface area contributed by atoms with Crippen molar-refractivity contribution in [1.82, 2.24) is 5.32 Å². The van der Waals surface area contributed by atoms with Crippen molar-refractivity contribution in [1.29, 1.82) is 0 Å². The van der Waals surface area contributed by atoms with Crippen LogP contribution in [0.25, 0.3) is 0 Å². The molecule has 0 bridgehead atoms. The number of nitrogens with two attached hydrogens (primary N) is 1. The zero-order valence-electron chi connectivity index (χ0n) is 14.4. The van der Waals surface area contributed by atoms with Gasteiger partial charge in [0.15, 0.2) is 0 Å². The van der Waals surface area contributed by atoms with E-state index in [1.165, 1.54) is 0 Å². The molecule has 1 amide bonds. The summed E-state index contributed by atoms with van der Waals surface area (Å²) in [6.07, 6.45) is 1.93. The second-order valence-corrected chi connectivity index (χ2v) is 6.62. The summed E-state index contributed by atoms with van der Waals surface area (Å²) in [6.45, 7) is 9.10. The molecule has 1 aromatic carbocycles. The van der Waals surface area contributed by atoms with Crippen LogP contribution < -0.4 is 11.1 Å². The maximum absolute atomic E-state index is 12.0. The number of benzene rings is 1. The van der Waals surface area contributed by atoms with Gasteiger partial charge in [-0.05, 0) is 44.7 Å². The zero-order valence-corrected chi connectivity index (χ0v) is 14.4. The quantitative estimate of drug-likeness (QED) is 0.666. The third kappa shape index (κ3) is 6.83. The molecule has 6 heteroatoms. The molecule has 0 fully saturated rings. The summed E-state index contributed by atoms with van der Waals surface area (Å²) in [6, 6.07) is 6.06. The number of aliphatic carboxylic acids is 1. The van der Waals surface area contributed by atoms with Gasteiger partial charge in [0.2, 0.25) is 0 Å². The number of hydrogen-bond donors (Lipinski definition) is 3. The molecule has 0 spiro atoms. The van der Waals surface area contributed by atoms with Crippen LogP contribution in [0.15, 0.2) is 36.9 Å². The van der Waals surface area contributed by atoms with E-state index >= 15 is 0 Å². The number of ether oxygens (including phenoxy) is 1. The highest BCUT2D eigenvalue weighted by Crippen LogP contribution is 2.20. The molecular formula is C18H26N2O4. The maximum Gasteiger partial charge on any atom is 0.408 e. The smallest absolute Gasteiger partial charge is 0.408 e. The van der Waals surface area contributed by atoms with Gasteiger partial charge >= 0.3 is 12.1 Å². The summed E-state index contributed by atoms with van der Waals surface area (Å²) < 4.78 is 5.28. The summed E-state index contributed by atoms with van der Waals surface area (Å²) in [5.74, 6) is -1.05. The highest BCUT2D eigenvalue weighted by atomic mass is 16.6. The molecule has 0 unspecified atom stereocenters. The van der Waals surface area contributed by atoms with Gasteiger partial charge in [-0.2, -0.15) is 0 Å². The molecule has 0 radical (unpaired) electrons. The molecule has 0 aromatic heterocycles. The lowest BCUT2D eigenvalue weighted by Crippen LogP contribution is -2.35. The van der Waals surface area contributed by atoms with Gasteiger partial charge in [-0.15, -0.1) is 6.58 Å². The Hall–Kier alpha value is -2.34. The number of alkyl carbamates (subject to hydrolysis) is 1. The van der Waals surface area contributed by atoms with Gasteiger partial charge in [0.05, 0.1) is 6.04 Å². The summed E-state index contributed by atoms with van der Waals surface area (Å²) in [4.78, 5) is 22.9. The second kappa shape index (κ2) is 8.49. The largest absolute Gasteiger partial charge is 0.480 e. The van der Waals surface area contributed by atoms with E-state index in [0.717, 1.165) is 11.1 Å². The summed E-state index contributed by atoms with van der Waals surface area (Å²) in [5.41, 5.74) is 6.63. The number of nitrogens with one attached hydrogen (secondary N) is 1. The van der Waals surface area contributed by atoms with Crippen molar-refractivity contribution in [2.24, 2.45) is 5.73 Å². The van der Waals surface area contributed by atoms with Crippen LogP contribution in [0.5, 0.6) is 0 Å². The number of carbonyl (C=O) groups is 2. The molecule has 0 heterocycles. The standard InChI is InChI=1S/C18H26N2O4/c1-5-7-15(20-17(23)24-18(2,3)4)13-9-6-8-12(10-13)11-14(19)16(21)22/h5-6,8-10,14-15H,1,7,11,19H2,2-4H3,(H,20,23)(H,21,22)/t14-,15+/m1/s1. The van der Waals surface area contributed by atoms with Gasteiger partial charge in [0, 0.05) is 0 Å². The first kappa shape index (κ1) is 19.7. The predicted octanol–water partition coefficient (Wildman–Crippen LogP) is 2.78. The van der Waals surface area contributed by atoms with Crippen LogP contribution in [-0.4, -0.2) is 28.8 Å². The average Bonchev–Trinajstić information content (AvgIpc) is 2.45. The highest BCUT2D eigenvalue weighted by molar-refractivity contribution is 5.73. The lowest BCUT2D eigenvalue weighted by molar-refractivity contribution is -0.138. The fourth-order valence-electron chi connectivity index (χ4n) is 2.17. The first-order chi connectivity index (χ1) is 11.1. The van der Waals surface area contributed by atoms with Gasteiger partial charge in [-0.3, -0.25) is 4.79 Å². The molecule has 4 N–H and O–H groups in total. The van der Waals surface area contributed by atoms with Crippen LogP contribution in [0.4, 0.5) is 4.79 Å². The maximum atomic E-state index is 12.0. The third-order valence-electron chi connectivity index (χ3n) is 3.22. The average molecular weight is 334 g/mol. The van der Waals surface area contributed by atoms with E-state index in [-0.39, 0.29) is 12.5 Å². The molecule has 0 saturated carbocycles. The van der Waals surface area contributed by atoms with Crippen molar-refractivity contribution in [3.8, 4) is 0 Å². The Morgan fingerprint density at radius 3 is 2.62 bits per heavy atom. The minimum absolute atomic E-state index is 0.219. The molecule has 2 atom stereocenters. The van der Waals surface area contributed by atoms with Crippen molar-refractivity contribution >= 4 is 12.1 Å². The van der Waals surface area contributed by atoms with Gasteiger partial charge in [0.1, 0.15) is 11.6 Å². The number of rotatable bonds is 7. The van der Waals surface area contributed by atoms with E-state index in [4.69, 9.17) is 15.6 Å². The van der Waals surface area contributed by atoms with Crippen molar-refractivity contribution < 1.29 is 19.4 Å². The van der Waals surface area contributed by atoms with Gasteiger partial charge < -0.3 is 20.9 Å². The Balaban J connectivity index is 2.90. The van der Waals surface area contributed by atoms with Crippen LogP contribution in [0.1, 0.15) is 44.4 Å². The first-order valence-corrected chi connectivity index (χ1v) is 7.80. The van der Waals surface area contributed by atoms with Crippen molar-refractivity contribution in [3.05, 3.63) is 48.0 Å². The Bertz CT molecular complexity index is 593. The minimum atomic E-state index is -1.05. The number of hydrogen-bond acceptors (Lipinski definition) is 4. The van der Waals surface area contributed by atoms with Crippen molar-refractivity contribution in [3.63, 3.8) is 0 Å². The van der Waals surface area contributed by atoms with E-state index in [9.17, 15) is 9.59 Å². The molecule has 24 heavy (non-hydrogen) atoms. The molecule has 0 aliphatic rings. The number of carboxylic acids is 1. The van der Waals surface area contributed by atoms with E-state index in [0.29, 0.717) is 6.42 Å². The Morgan fingerprint density at radius 1 is 1.42 bits per heavy atom. The topological polar surface area (TPSA) is 102 Å². The summed E-state index contributed by atoms with van der Waals surface area (Å²) in [7, 11) is 0. The molecule has 0 saturated heterocycles. The number of carboxylic acid groups (broad SMARTS) is 1. The molecular weight excluding hydrogens is 308 g/mol. The fraction of sp³-hybridized carbons (Fsp3) is 0.444. The van der Waals surface area contributed by atoms with Crippen LogP contribution in [0.3, 0.4) is 0 Å². The Labute approximate surface area is 142 Å². The van der Waals surface area contributed by atoms with Crippen LogP contribution in [0.2, 0.25) is 0 Å². The van der Waals surface area contributed by atoms with Gasteiger partial charge in [0.25, 0.3) is 0 Å². The minimum Gasteiger partial charge on any atom is -0.480 e. The molecule has 6 nitrogen and oxygen atoms in total. The predicted molar refractivity (Wildman–Crippen MR) is 92.7 cm³/mol. The Kier molecular flexibility index (Phi) is 6.97. The molecule has 0 aliphatic heterocycles. The second-order valence-electron chi connectivity index (χ2n) is 6.62. The monoisotopic (exact) mass is 334 g/mol.